The van der Waals surface area contributed by atoms with Gasteiger partial charge in [0.2, 0.25) is 5.91 Å². The second kappa shape index (κ2) is 10.8. The summed E-state index contributed by atoms with van der Waals surface area (Å²) in [7, 11) is 0. The Morgan fingerprint density at radius 1 is 1.16 bits per heavy atom. The number of amides is 2. The number of hydrogen-bond donors (Lipinski definition) is 2. The van der Waals surface area contributed by atoms with Crippen LogP contribution in [-0.2, 0) is 17.8 Å². The maximum atomic E-state index is 12.5. The number of carbonyl (C=O) groups excluding carboxylic acids is 2. The monoisotopic (exact) mass is 471 g/mol. The third kappa shape index (κ3) is 5.79. The van der Waals surface area contributed by atoms with Crippen LogP contribution in [0.2, 0.25) is 5.02 Å². The molecule has 2 amide bonds. The average molecular weight is 472 g/mol. The molecule has 0 bridgehead atoms. The van der Waals surface area contributed by atoms with Gasteiger partial charge in [-0.25, -0.2) is 0 Å². The fourth-order valence-electron chi connectivity index (χ4n) is 3.92. The maximum Gasteiger partial charge on any atom is 0.286 e. The van der Waals surface area contributed by atoms with Gasteiger partial charge in [0, 0.05) is 42.5 Å². The highest BCUT2D eigenvalue weighted by Crippen LogP contribution is 2.30. The minimum atomic E-state index is -0.267. The molecule has 168 valence electrons. The highest BCUT2D eigenvalue weighted by Gasteiger charge is 2.26. The Morgan fingerprint density at radius 3 is 2.78 bits per heavy atom. The lowest BCUT2D eigenvalue weighted by atomic mass is 10.0. The highest BCUT2D eigenvalue weighted by atomic mass is 35.5. The molecule has 2 N–H and O–H groups in total. The van der Waals surface area contributed by atoms with Crippen LogP contribution in [0.3, 0.4) is 0 Å². The topological polar surface area (TPSA) is 74.6 Å². The smallest absolute Gasteiger partial charge is 0.286 e. The fourth-order valence-corrected chi connectivity index (χ4v) is 4.94. The molecule has 6 nitrogen and oxygen atoms in total. The van der Waals surface area contributed by atoms with E-state index in [-0.39, 0.29) is 23.6 Å². The molecule has 2 aromatic heterocycles. The Morgan fingerprint density at radius 2 is 2.00 bits per heavy atom. The molecular weight excluding hydrogens is 446 g/mol. The van der Waals surface area contributed by atoms with Gasteiger partial charge in [0.05, 0.1) is 12.3 Å². The van der Waals surface area contributed by atoms with E-state index >= 15 is 0 Å². The lowest BCUT2D eigenvalue weighted by Gasteiger charge is -2.35. The van der Waals surface area contributed by atoms with E-state index in [2.05, 4.69) is 27.0 Å². The minimum absolute atomic E-state index is 0.0237. The van der Waals surface area contributed by atoms with E-state index in [1.807, 2.05) is 35.6 Å². The van der Waals surface area contributed by atoms with Crippen molar-refractivity contribution < 1.29 is 14.0 Å². The molecule has 1 aromatic carbocycles. The Labute approximate surface area is 196 Å². The molecule has 3 aromatic rings. The number of rotatable bonds is 9. The Bertz CT molecular complexity index is 1030. The van der Waals surface area contributed by atoms with E-state index in [0.29, 0.717) is 31.0 Å². The normalized spacial score (nSPS) is 14.5. The van der Waals surface area contributed by atoms with E-state index < -0.39 is 0 Å². The Balaban J connectivity index is 1.29. The number of halogens is 1. The standard InChI is InChI=1S/C24H26ClN3O3S/c25-19-7-5-17(6-8-19)20(28-12-9-22-18(16-28)10-14-32-22)15-27-23(29)4-1-11-26-24(30)21-3-2-13-31-21/h2-3,5-8,10,13-14,20H,1,4,9,11-12,15-16H2,(H,26,30)(H,27,29). The molecule has 0 saturated carbocycles. The SMILES string of the molecule is O=C(CCCNC(=O)c1ccco1)NCC(c1ccc(Cl)cc1)N1CCc2sccc2C1. The molecule has 32 heavy (non-hydrogen) atoms. The van der Waals surface area contributed by atoms with Crippen LogP contribution < -0.4 is 10.6 Å². The van der Waals surface area contributed by atoms with Crippen molar-refractivity contribution in [2.45, 2.75) is 31.8 Å². The predicted octanol–water partition coefficient (Wildman–Crippen LogP) is 4.42. The molecular formula is C24H26ClN3O3S. The van der Waals surface area contributed by atoms with Crippen molar-refractivity contribution in [2.24, 2.45) is 0 Å². The van der Waals surface area contributed by atoms with E-state index in [1.54, 1.807) is 12.1 Å². The second-order valence-corrected chi connectivity index (χ2v) is 9.23. The molecule has 1 aliphatic rings. The first-order valence-corrected chi connectivity index (χ1v) is 12.0. The van der Waals surface area contributed by atoms with Gasteiger partial charge in [0.15, 0.2) is 5.76 Å². The van der Waals surface area contributed by atoms with Crippen LogP contribution in [-0.4, -0.2) is 36.3 Å². The number of fused-ring (bicyclic) bond motifs is 1. The summed E-state index contributed by atoms with van der Waals surface area (Å²) >= 11 is 7.91. The summed E-state index contributed by atoms with van der Waals surface area (Å²) in [5.74, 6) is -0.0175. The predicted molar refractivity (Wildman–Crippen MR) is 126 cm³/mol. The van der Waals surface area contributed by atoms with E-state index in [0.717, 1.165) is 25.1 Å². The van der Waals surface area contributed by atoms with Gasteiger partial charge in [-0.1, -0.05) is 23.7 Å². The summed E-state index contributed by atoms with van der Waals surface area (Å²) in [5.41, 5.74) is 2.51. The third-order valence-corrected chi connectivity index (χ3v) is 6.91. The molecule has 1 unspecified atom stereocenters. The van der Waals surface area contributed by atoms with Crippen molar-refractivity contribution in [3.05, 3.63) is 80.9 Å². The summed E-state index contributed by atoms with van der Waals surface area (Å²) in [4.78, 5) is 28.2. The van der Waals surface area contributed by atoms with Gasteiger partial charge < -0.3 is 15.1 Å². The lowest BCUT2D eigenvalue weighted by molar-refractivity contribution is -0.121. The number of furan rings is 1. The summed E-state index contributed by atoms with van der Waals surface area (Å²) in [6.45, 7) is 2.77. The van der Waals surface area contributed by atoms with Crippen LogP contribution in [0.5, 0.6) is 0 Å². The van der Waals surface area contributed by atoms with Crippen LogP contribution in [0.4, 0.5) is 0 Å². The number of benzene rings is 1. The molecule has 0 aliphatic carbocycles. The van der Waals surface area contributed by atoms with E-state index in [9.17, 15) is 9.59 Å². The van der Waals surface area contributed by atoms with Crippen molar-refractivity contribution in [3.8, 4) is 0 Å². The summed E-state index contributed by atoms with van der Waals surface area (Å²) in [5, 5.41) is 8.70. The van der Waals surface area contributed by atoms with Crippen molar-refractivity contribution in [2.75, 3.05) is 19.6 Å². The molecule has 1 atom stereocenters. The molecule has 8 heteroatoms. The van der Waals surface area contributed by atoms with Crippen LogP contribution in [0.15, 0.2) is 58.5 Å². The van der Waals surface area contributed by atoms with Crippen LogP contribution in [0.1, 0.15) is 45.4 Å². The van der Waals surface area contributed by atoms with Gasteiger partial charge in [0.1, 0.15) is 0 Å². The summed E-state index contributed by atoms with van der Waals surface area (Å²) < 4.78 is 5.06. The average Bonchev–Trinajstić information content (AvgIpc) is 3.50. The first-order chi connectivity index (χ1) is 15.6. The van der Waals surface area contributed by atoms with Crippen molar-refractivity contribution in [3.63, 3.8) is 0 Å². The van der Waals surface area contributed by atoms with E-state index in [4.69, 9.17) is 16.0 Å². The molecule has 4 rings (SSSR count). The van der Waals surface area contributed by atoms with Crippen molar-refractivity contribution in [1.82, 2.24) is 15.5 Å². The van der Waals surface area contributed by atoms with Crippen LogP contribution in [0, 0.1) is 0 Å². The van der Waals surface area contributed by atoms with Gasteiger partial charge >= 0.3 is 0 Å². The molecule has 0 spiro atoms. The number of nitrogens with one attached hydrogen (secondary N) is 2. The zero-order valence-corrected chi connectivity index (χ0v) is 19.3. The Hall–Kier alpha value is -2.61. The van der Waals surface area contributed by atoms with Gasteiger partial charge in [-0.3, -0.25) is 14.5 Å². The summed E-state index contributed by atoms with van der Waals surface area (Å²) in [6, 6.07) is 13.4. The maximum absolute atomic E-state index is 12.5. The molecule has 0 fully saturated rings. The van der Waals surface area contributed by atoms with Crippen molar-refractivity contribution in [1.29, 1.82) is 0 Å². The molecule has 0 radical (unpaired) electrons. The first kappa shape index (κ1) is 22.6. The Kier molecular flexibility index (Phi) is 7.63. The largest absolute Gasteiger partial charge is 0.459 e. The fraction of sp³-hybridized carbons (Fsp3) is 0.333. The van der Waals surface area contributed by atoms with Crippen LogP contribution in [0.25, 0.3) is 0 Å². The zero-order valence-electron chi connectivity index (χ0n) is 17.7. The number of nitrogens with zero attached hydrogens (tertiary/aromatic N) is 1. The van der Waals surface area contributed by atoms with Gasteiger partial charge in [0.25, 0.3) is 5.91 Å². The molecule has 1 aliphatic heterocycles. The molecule has 0 saturated heterocycles. The molecule has 3 heterocycles. The van der Waals surface area contributed by atoms with E-state index in [1.165, 1.54) is 16.7 Å². The van der Waals surface area contributed by atoms with Gasteiger partial charge in [-0.15, -0.1) is 11.3 Å². The first-order valence-electron chi connectivity index (χ1n) is 10.7. The van der Waals surface area contributed by atoms with Crippen LogP contribution >= 0.6 is 22.9 Å². The second-order valence-electron chi connectivity index (χ2n) is 7.80. The summed E-state index contributed by atoms with van der Waals surface area (Å²) in [6.07, 6.45) is 3.40. The minimum Gasteiger partial charge on any atom is -0.459 e. The lowest BCUT2D eigenvalue weighted by Crippen LogP contribution is -2.40. The number of carbonyl (C=O) groups is 2. The quantitative estimate of drug-likeness (QED) is 0.453. The van der Waals surface area contributed by atoms with Gasteiger partial charge in [-0.2, -0.15) is 0 Å². The zero-order chi connectivity index (χ0) is 22.3. The van der Waals surface area contributed by atoms with Crippen molar-refractivity contribution >= 4 is 34.8 Å². The third-order valence-electron chi connectivity index (χ3n) is 5.64. The number of thiophene rings is 1. The number of hydrogen-bond acceptors (Lipinski definition) is 5. The highest BCUT2D eigenvalue weighted by molar-refractivity contribution is 7.10. The van der Waals surface area contributed by atoms with Gasteiger partial charge in [-0.05, 0) is 59.7 Å².